The van der Waals surface area contributed by atoms with Crippen LogP contribution in [-0.2, 0) is 11.3 Å². The van der Waals surface area contributed by atoms with Gasteiger partial charge in [-0.3, -0.25) is 4.90 Å². The molecule has 1 aromatic heterocycles. The van der Waals surface area contributed by atoms with E-state index in [9.17, 15) is 0 Å². The Balaban J connectivity index is 1.82. The van der Waals surface area contributed by atoms with Crippen LogP contribution in [-0.4, -0.2) is 42.4 Å². The summed E-state index contributed by atoms with van der Waals surface area (Å²) in [5, 5.41) is 11.2. The predicted octanol–water partition coefficient (Wildman–Crippen LogP) is 3.14. The molecule has 108 valence electrons. The van der Waals surface area contributed by atoms with Crippen molar-refractivity contribution in [1.29, 1.82) is 0 Å². The van der Waals surface area contributed by atoms with Crippen LogP contribution < -0.4 is 0 Å². The molecule has 1 fully saturated rings. The Morgan fingerprint density at radius 2 is 2.25 bits per heavy atom. The van der Waals surface area contributed by atoms with Crippen molar-refractivity contribution in [3.05, 3.63) is 34.2 Å². The third-order valence-electron chi connectivity index (χ3n) is 3.76. The van der Waals surface area contributed by atoms with E-state index in [1.165, 1.54) is 9.58 Å². The van der Waals surface area contributed by atoms with Gasteiger partial charge in [0.1, 0.15) is 0 Å². The lowest BCUT2D eigenvalue weighted by molar-refractivity contribution is -0.0191. The molecule has 0 bridgehead atoms. The molecule has 3 rings (SSSR count). The molecule has 0 aliphatic carbocycles. The van der Waals surface area contributed by atoms with Gasteiger partial charge in [0, 0.05) is 40.7 Å². The second kappa shape index (κ2) is 6.41. The van der Waals surface area contributed by atoms with Crippen molar-refractivity contribution in [3.8, 4) is 0 Å². The highest BCUT2D eigenvalue weighted by molar-refractivity contribution is 7.19. The van der Waals surface area contributed by atoms with Gasteiger partial charge in [0.2, 0.25) is 0 Å². The van der Waals surface area contributed by atoms with E-state index in [4.69, 9.17) is 21.4 Å². The summed E-state index contributed by atoms with van der Waals surface area (Å²) in [7, 11) is 0. The average molecular weight is 312 g/mol. The first kappa shape index (κ1) is 14.3. The first-order chi connectivity index (χ1) is 9.79. The maximum atomic E-state index is 9.17. The number of fused-ring (bicyclic) bond motifs is 1. The van der Waals surface area contributed by atoms with E-state index in [1.807, 2.05) is 12.1 Å². The SMILES string of the molecule is OCC[C@H]1COCCN1Cc1sc2ccccc2c1Cl. The monoisotopic (exact) mass is 311 g/mol. The summed E-state index contributed by atoms with van der Waals surface area (Å²) in [5.41, 5.74) is 0. The van der Waals surface area contributed by atoms with Gasteiger partial charge in [-0.1, -0.05) is 29.8 Å². The van der Waals surface area contributed by atoms with Crippen LogP contribution >= 0.6 is 22.9 Å². The Morgan fingerprint density at radius 3 is 3.05 bits per heavy atom. The van der Waals surface area contributed by atoms with Gasteiger partial charge < -0.3 is 9.84 Å². The van der Waals surface area contributed by atoms with Gasteiger partial charge in [0.15, 0.2) is 0 Å². The lowest BCUT2D eigenvalue weighted by Crippen LogP contribution is -2.45. The summed E-state index contributed by atoms with van der Waals surface area (Å²) in [6.07, 6.45) is 0.752. The lowest BCUT2D eigenvalue weighted by Gasteiger charge is -2.35. The number of nitrogens with zero attached hydrogens (tertiary/aromatic N) is 1. The number of benzene rings is 1. The van der Waals surface area contributed by atoms with Gasteiger partial charge in [-0.25, -0.2) is 0 Å². The lowest BCUT2D eigenvalue weighted by atomic mass is 10.1. The summed E-state index contributed by atoms with van der Waals surface area (Å²) in [4.78, 5) is 3.58. The molecular formula is C15H18ClNO2S. The normalized spacial score (nSPS) is 20.6. The Morgan fingerprint density at radius 1 is 1.40 bits per heavy atom. The minimum atomic E-state index is 0.199. The number of hydrogen-bond donors (Lipinski definition) is 1. The maximum Gasteiger partial charge on any atom is 0.0637 e. The zero-order valence-electron chi connectivity index (χ0n) is 11.2. The number of morpholine rings is 1. The van der Waals surface area contributed by atoms with Crippen LogP contribution in [0.15, 0.2) is 24.3 Å². The van der Waals surface area contributed by atoms with Gasteiger partial charge in [-0.2, -0.15) is 0 Å². The number of thiophene rings is 1. The van der Waals surface area contributed by atoms with Crippen LogP contribution in [0.2, 0.25) is 5.02 Å². The van der Waals surface area contributed by atoms with Crippen molar-refractivity contribution in [2.45, 2.75) is 19.0 Å². The van der Waals surface area contributed by atoms with Crippen LogP contribution in [0.4, 0.5) is 0 Å². The zero-order valence-corrected chi connectivity index (χ0v) is 12.8. The summed E-state index contributed by atoms with van der Waals surface area (Å²) in [5.74, 6) is 0. The molecule has 0 amide bonds. The first-order valence-electron chi connectivity index (χ1n) is 6.88. The molecule has 0 radical (unpaired) electrons. The van der Waals surface area contributed by atoms with Crippen LogP contribution in [0.5, 0.6) is 0 Å². The van der Waals surface area contributed by atoms with Crippen molar-refractivity contribution in [2.75, 3.05) is 26.4 Å². The molecule has 1 aromatic carbocycles. The van der Waals surface area contributed by atoms with Gasteiger partial charge in [0.25, 0.3) is 0 Å². The van der Waals surface area contributed by atoms with Crippen molar-refractivity contribution in [1.82, 2.24) is 4.90 Å². The highest BCUT2D eigenvalue weighted by Gasteiger charge is 2.24. The first-order valence-corrected chi connectivity index (χ1v) is 8.07. The number of aliphatic hydroxyl groups excluding tert-OH is 1. The summed E-state index contributed by atoms with van der Waals surface area (Å²) in [6, 6.07) is 8.54. The van der Waals surface area contributed by atoms with Crippen LogP contribution in [0.25, 0.3) is 10.1 Å². The Labute approximate surface area is 127 Å². The van der Waals surface area contributed by atoms with Gasteiger partial charge >= 0.3 is 0 Å². The van der Waals surface area contributed by atoms with E-state index in [-0.39, 0.29) is 12.6 Å². The highest BCUT2D eigenvalue weighted by atomic mass is 35.5. The maximum absolute atomic E-state index is 9.17. The standard InChI is InChI=1S/C15H18ClNO2S/c16-15-12-3-1-2-4-13(12)20-14(15)9-17-6-8-19-10-11(17)5-7-18/h1-4,11,18H,5-10H2/t11-/m0/s1. The minimum absolute atomic E-state index is 0.199. The fourth-order valence-electron chi connectivity index (χ4n) is 2.66. The molecule has 3 nitrogen and oxygen atoms in total. The topological polar surface area (TPSA) is 32.7 Å². The van der Waals surface area contributed by atoms with Crippen molar-refractivity contribution in [3.63, 3.8) is 0 Å². The molecule has 2 heterocycles. The number of hydrogen-bond acceptors (Lipinski definition) is 4. The largest absolute Gasteiger partial charge is 0.396 e. The molecule has 1 atom stereocenters. The highest BCUT2D eigenvalue weighted by Crippen LogP contribution is 2.36. The van der Waals surface area contributed by atoms with Crippen LogP contribution in [0.3, 0.4) is 0 Å². The number of ether oxygens (including phenoxy) is 1. The van der Waals surface area contributed by atoms with Gasteiger partial charge in [-0.05, 0) is 12.5 Å². The van der Waals surface area contributed by atoms with Crippen LogP contribution in [0.1, 0.15) is 11.3 Å². The van der Waals surface area contributed by atoms with Gasteiger partial charge in [-0.15, -0.1) is 11.3 Å². The number of aliphatic hydroxyl groups is 1. The third kappa shape index (κ3) is 2.85. The summed E-state index contributed by atoms with van der Waals surface area (Å²) >= 11 is 8.27. The molecule has 1 aliphatic rings. The summed E-state index contributed by atoms with van der Waals surface area (Å²) in [6.45, 7) is 3.39. The zero-order chi connectivity index (χ0) is 13.9. The quantitative estimate of drug-likeness (QED) is 0.941. The molecular weight excluding hydrogens is 294 g/mol. The van der Waals surface area contributed by atoms with Gasteiger partial charge in [0.05, 0.1) is 18.2 Å². The molecule has 2 aromatic rings. The molecule has 1 aliphatic heterocycles. The number of rotatable bonds is 4. The Hall–Kier alpha value is -0.650. The Kier molecular flexibility index (Phi) is 4.58. The minimum Gasteiger partial charge on any atom is -0.396 e. The van der Waals surface area contributed by atoms with E-state index in [0.717, 1.165) is 36.5 Å². The fraction of sp³-hybridized carbons (Fsp3) is 0.467. The van der Waals surface area contributed by atoms with E-state index in [2.05, 4.69) is 17.0 Å². The average Bonchev–Trinajstić information content (AvgIpc) is 2.79. The molecule has 1 saturated heterocycles. The second-order valence-corrected chi connectivity index (χ2v) is 6.56. The van der Waals surface area contributed by atoms with Crippen molar-refractivity contribution >= 4 is 33.0 Å². The molecule has 0 saturated carbocycles. The predicted molar refractivity (Wildman–Crippen MR) is 83.6 cm³/mol. The number of halogens is 1. The molecule has 20 heavy (non-hydrogen) atoms. The second-order valence-electron chi connectivity index (χ2n) is 5.05. The van der Waals surface area contributed by atoms with Crippen molar-refractivity contribution in [2.24, 2.45) is 0 Å². The van der Waals surface area contributed by atoms with E-state index in [0.29, 0.717) is 6.61 Å². The molecule has 1 N–H and O–H groups in total. The molecule has 5 heteroatoms. The van der Waals surface area contributed by atoms with E-state index >= 15 is 0 Å². The van der Waals surface area contributed by atoms with Crippen LogP contribution in [0, 0.1) is 0 Å². The molecule has 0 unspecified atom stereocenters. The fourth-order valence-corrected chi connectivity index (χ4v) is 4.18. The summed E-state index contributed by atoms with van der Waals surface area (Å²) < 4.78 is 6.75. The smallest absolute Gasteiger partial charge is 0.0637 e. The van der Waals surface area contributed by atoms with Crippen molar-refractivity contribution < 1.29 is 9.84 Å². The van der Waals surface area contributed by atoms with E-state index in [1.54, 1.807) is 11.3 Å². The molecule has 0 spiro atoms. The van der Waals surface area contributed by atoms with E-state index < -0.39 is 0 Å². The third-order valence-corrected chi connectivity index (χ3v) is 5.46. The Bertz CT molecular complexity index is 584.